The number of hydrogen-bond acceptors (Lipinski definition) is 3. The molecule has 0 aliphatic heterocycles. The van der Waals surface area contributed by atoms with E-state index in [0.29, 0.717) is 6.04 Å². The maximum absolute atomic E-state index is 3.34. The Morgan fingerprint density at radius 3 is 2.69 bits per heavy atom. The Morgan fingerprint density at radius 2 is 2.15 bits per heavy atom. The smallest absolute Gasteiger partial charge is 0.0107 e. The number of likely N-dealkylation sites (N-methyl/N-ethyl adjacent to an activating group) is 2. The molecular weight excluding hydrogens is 180 g/mol. The van der Waals surface area contributed by atoms with Crippen LogP contribution in [-0.4, -0.2) is 49.6 Å². The van der Waals surface area contributed by atoms with E-state index < -0.39 is 0 Å². The van der Waals surface area contributed by atoms with Gasteiger partial charge in [0, 0.05) is 19.1 Å². The minimum Gasteiger partial charge on any atom is -0.316 e. The lowest BCUT2D eigenvalue weighted by atomic mass is 10.2. The van der Waals surface area contributed by atoms with Gasteiger partial charge < -0.3 is 10.2 Å². The summed E-state index contributed by atoms with van der Waals surface area (Å²) in [5.74, 6) is 1.27. The van der Waals surface area contributed by atoms with Gasteiger partial charge in [0.05, 0.1) is 0 Å². The van der Waals surface area contributed by atoms with E-state index >= 15 is 0 Å². The van der Waals surface area contributed by atoms with Crippen molar-refractivity contribution in [2.24, 2.45) is 0 Å². The van der Waals surface area contributed by atoms with Gasteiger partial charge in [-0.25, -0.2) is 0 Å². The van der Waals surface area contributed by atoms with Gasteiger partial charge in [-0.2, -0.15) is 11.8 Å². The van der Waals surface area contributed by atoms with Gasteiger partial charge >= 0.3 is 0 Å². The van der Waals surface area contributed by atoms with E-state index in [1.807, 2.05) is 11.8 Å². The van der Waals surface area contributed by atoms with Crippen LogP contribution in [0.1, 0.15) is 20.3 Å². The van der Waals surface area contributed by atoms with Gasteiger partial charge in [-0.05, 0) is 38.9 Å². The first-order valence-corrected chi connectivity index (χ1v) is 6.51. The molecule has 1 N–H and O–H groups in total. The van der Waals surface area contributed by atoms with Crippen molar-refractivity contribution in [1.82, 2.24) is 10.2 Å². The second-order valence-corrected chi connectivity index (χ2v) is 4.45. The Kier molecular flexibility index (Phi) is 9.03. The average Bonchev–Trinajstić information content (AvgIpc) is 2.14. The van der Waals surface area contributed by atoms with Crippen LogP contribution in [0.2, 0.25) is 0 Å². The van der Waals surface area contributed by atoms with Gasteiger partial charge in [0.1, 0.15) is 0 Å². The first-order valence-electron chi connectivity index (χ1n) is 5.12. The van der Waals surface area contributed by atoms with Gasteiger partial charge in [-0.15, -0.1) is 0 Å². The maximum atomic E-state index is 3.34. The minimum atomic E-state index is 0.714. The minimum absolute atomic E-state index is 0.714. The van der Waals surface area contributed by atoms with Crippen molar-refractivity contribution in [3.8, 4) is 0 Å². The van der Waals surface area contributed by atoms with E-state index in [-0.39, 0.29) is 0 Å². The number of hydrogen-bond donors (Lipinski definition) is 1. The van der Waals surface area contributed by atoms with E-state index in [1.165, 1.54) is 12.2 Å². The molecule has 80 valence electrons. The van der Waals surface area contributed by atoms with Crippen LogP contribution in [0, 0.1) is 0 Å². The summed E-state index contributed by atoms with van der Waals surface area (Å²) in [6, 6.07) is 0.714. The van der Waals surface area contributed by atoms with Gasteiger partial charge in [0.15, 0.2) is 0 Å². The molecule has 0 rings (SSSR count). The van der Waals surface area contributed by atoms with Crippen LogP contribution < -0.4 is 5.32 Å². The number of nitrogens with one attached hydrogen (secondary N) is 1. The molecule has 1 atom stereocenters. The molecular formula is C10H24N2S. The second kappa shape index (κ2) is 8.85. The lowest BCUT2D eigenvalue weighted by Gasteiger charge is -2.24. The van der Waals surface area contributed by atoms with Crippen molar-refractivity contribution in [2.75, 3.05) is 38.7 Å². The van der Waals surface area contributed by atoms with Crippen LogP contribution in [0.25, 0.3) is 0 Å². The third-order valence-corrected chi connectivity index (χ3v) is 3.03. The number of rotatable bonds is 8. The molecule has 0 heterocycles. The molecule has 0 saturated heterocycles. The normalized spacial score (nSPS) is 13.6. The zero-order valence-corrected chi connectivity index (χ0v) is 10.3. The fourth-order valence-corrected chi connectivity index (χ4v) is 1.74. The highest BCUT2D eigenvalue weighted by molar-refractivity contribution is 7.98. The molecule has 0 aromatic heterocycles. The monoisotopic (exact) mass is 204 g/mol. The lowest BCUT2D eigenvalue weighted by Crippen LogP contribution is -2.35. The van der Waals surface area contributed by atoms with E-state index in [0.717, 1.165) is 19.6 Å². The van der Waals surface area contributed by atoms with Gasteiger partial charge in [0.25, 0.3) is 0 Å². The Bertz CT molecular complexity index is 109. The Morgan fingerprint density at radius 1 is 1.46 bits per heavy atom. The van der Waals surface area contributed by atoms with E-state index in [4.69, 9.17) is 0 Å². The van der Waals surface area contributed by atoms with E-state index in [2.05, 4.69) is 37.4 Å². The third-order valence-electron chi connectivity index (χ3n) is 2.38. The van der Waals surface area contributed by atoms with Crippen LogP contribution in [0.3, 0.4) is 0 Å². The quantitative estimate of drug-likeness (QED) is 0.606. The highest BCUT2D eigenvalue weighted by atomic mass is 32.2. The molecule has 1 unspecified atom stereocenters. The standard InChI is InChI=1S/C10H24N2S/c1-5-11-7-8-12(3)10(2)6-9-13-4/h10-11H,5-9H2,1-4H3. The van der Waals surface area contributed by atoms with Crippen molar-refractivity contribution in [1.29, 1.82) is 0 Å². The average molecular weight is 204 g/mol. The molecule has 0 bridgehead atoms. The van der Waals surface area contributed by atoms with Gasteiger partial charge in [-0.1, -0.05) is 6.92 Å². The van der Waals surface area contributed by atoms with Crippen LogP contribution >= 0.6 is 11.8 Å². The van der Waals surface area contributed by atoms with Crippen LogP contribution in [0.4, 0.5) is 0 Å². The highest BCUT2D eigenvalue weighted by Gasteiger charge is 2.06. The summed E-state index contributed by atoms with van der Waals surface area (Å²) < 4.78 is 0. The summed E-state index contributed by atoms with van der Waals surface area (Å²) in [5, 5.41) is 3.34. The summed E-state index contributed by atoms with van der Waals surface area (Å²) >= 11 is 1.93. The van der Waals surface area contributed by atoms with Crippen molar-refractivity contribution < 1.29 is 0 Å². The molecule has 0 saturated carbocycles. The predicted molar refractivity (Wildman–Crippen MR) is 63.6 cm³/mol. The van der Waals surface area contributed by atoms with Crippen molar-refractivity contribution in [2.45, 2.75) is 26.3 Å². The number of thioether (sulfide) groups is 1. The molecule has 3 heteroatoms. The predicted octanol–water partition coefficient (Wildman–Crippen LogP) is 1.67. The summed E-state index contributed by atoms with van der Waals surface area (Å²) in [5.41, 5.74) is 0. The summed E-state index contributed by atoms with van der Waals surface area (Å²) in [6.45, 7) is 7.80. The van der Waals surface area contributed by atoms with Crippen molar-refractivity contribution in [3.05, 3.63) is 0 Å². The second-order valence-electron chi connectivity index (χ2n) is 3.46. The topological polar surface area (TPSA) is 15.3 Å². The molecule has 0 aromatic carbocycles. The Labute approximate surface area is 87.5 Å². The molecule has 0 radical (unpaired) electrons. The molecule has 0 fully saturated rings. The molecule has 0 aliphatic rings. The summed E-state index contributed by atoms with van der Waals surface area (Å²) in [7, 11) is 2.21. The molecule has 13 heavy (non-hydrogen) atoms. The van der Waals surface area contributed by atoms with E-state index in [9.17, 15) is 0 Å². The molecule has 0 aliphatic carbocycles. The fourth-order valence-electron chi connectivity index (χ4n) is 1.16. The van der Waals surface area contributed by atoms with Gasteiger partial charge in [-0.3, -0.25) is 0 Å². The first kappa shape index (κ1) is 13.3. The van der Waals surface area contributed by atoms with Gasteiger partial charge in [0.2, 0.25) is 0 Å². The van der Waals surface area contributed by atoms with Crippen LogP contribution in [0.5, 0.6) is 0 Å². The Hall–Kier alpha value is 0.270. The molecule has 0 spiro atoms. The molecule has 2 nitrogen and oxygen atoms in total. The van der Waals surface area contributed by atoms with Crippen LogP contribution in [0.15, 0.2) is 0 Å². The van der Waals surface area contributed by atoms with Crippen LogP contribution in [-0.2, 0) is 0 Å². The SMILES string of the molecule is CCNCCN(C)C(C)CCSC. The highest BCUT2D eigenvalue weighted by Crippen LogP contribution is 2.04. The number of nitrogens with zero attached hydrogens (tertiary/aromatic N) is 1. The lowest BCUT2D eigenvalue weighted by molar-refractivity contribution is 0.254. The summed E-state index contributed by atoms with van der Waals surface area (Å²) in [6.07, 6.45) is 3.47. The Balaban J connectivity index is 3.38. The van der Waals surface area contributed by atoms with Crippen molar-refractivity contribution in [3.63, 3.8) is 0 Å². The molecule has 0 amide bonds. The maximum Gasteiger partial charge on any atom is 0.0107 e. The zero-order chi connectivity index (χ0) is 10.1. The van der Waals surface area contributed by atoms with E-state index in [1.54, 1.807) is 0 Å². The third kappa shape index (κ3) is 7.35. The fraction of sp³-hybridized carbons (Fsp3) is 1.00. The molecule has 0 aromatic rings. The summed E-state index contributed by atoms with van der Waals surface area (Å²) in [4.78, 5) is 2.43. The largest absolute Gasteiger partial charge is 0.316 e. The zero-order valence-electron chi connectivity index (χ0n) is 9.47. The first-order chi connectivity index (χ1) is 6.22. The van der Waals surface area contributed by atoms with Crippen molar-refractivity contribution >= 4 is 11.8 Å².